The summed E-state index contributed by atoms with van der Waals surface area (Å²) < 4.78 is 16.2. The predicted molar refractivity (Wildman–Crippen MR) is 81.5 cm³/mol. The molecule has 0 bridgehead atoms. The number of ether oxygens (including phenoxy) is 3. The van der Waals surface area contributed by atoms with Gasteiger partial charge in [0.2, 0.25) is 0 Å². The van der Waals surface area contributed by atoms with Crippen LogP contribution in [0.25, 0.3) is 0 Å². The summed E-state index contributed by atoms with van der Waals surface area (Å²) >= 11 is 0. The Bertz CT molecular complexity index is 532. The lowest BCUT2D eigenvalue weighted by Gasteiger charge is -2.39. The molecule has 1 saturated heterocycles. The lowest BCUT2D eigenvalue weighted by Crippen LogP contribution is -2.53. The molecule has 122 valence electrons. The molecule has 0 atom stereocenters. The van der Waals surface area contributed by atoms with E-state index in [2.05, 4.69) is 0 Å². The first-order valence-corrected chi connectivity index (χ1v) is 7.26. The van der Waals surface area contributed by atoms with Gasteiger partial charge in [0.25, 0.3) is 0 Å². The number of aromatic hydroxyl groups is 1. The molecule has 0 aliphatic carbocycles. The Labute approximate surface area is 130 Å². The molecule has 1 aliphatic rings. The van der Waals surface area contributed by atoms with Gasteiger partial charge in [-0.2, -0.15) is 0 Å². The number of hydrogen-bond donors (Lipinski definition) is 1. The topological polar surface area (TPSA) is 68.2 Å². The third kappa shape index (κ3) is 4.19. The highest BCUT2D eigenvalue weighted by Crippen LogP contribution is 2.31. The number of amides is 1. The van der Waals surface area contributed by atoms with Crippen LogP contribution in [0.4, 0.5) is 4.79 Å². The van der Waals surface area contributed by atoms with E-state index in [0.29, 0.717) is 31.2 Å². The predicted octanol–water partition coefficient (Wildman–Crippen LogP) is 2.65. The lowest BCUT2D eigenvalue weighted by molar-refractivity contribution is -0.00796. The summed E-state index contributed by atoms with van der Waals surface area (Å²) in [5.74, 6) is 1.44. The molecule has 6 heteroatoms. The molecule has 1 aliphatic heterocycles. The minimum Gasteiger partial charge on any atom is -0.508 e. The minimum absolute atomic E-state index is 0.125. The molecule has 1 heterocycles. The number of hydrogen-bond acceptors (Lipinski definition) is 5. The Morgan fingerprint density at radius 2 is 2.00 bits per heavy atom. The van der Waals surface area contributed by atoms with Crippen molar-refractivity contribution in [1.82, 2.24) is 4.90 Å². The molecule has 0 radical (unpaired) electrons. The number of benzene rings is 1. The Morgan fingerprint density at radius 3 is 2.59 bits per heavy atom. The standard InChI is InChI=1S/C16H23NO5/c1-16(2,3)22-15(19)17-8-11(9-17)10-21-14-7-12(18)5-6-13(14)20-4/h5-7,11,18H,8-10H2,1-4H3. The Balaban J connectivity index is 1.79. The monoisotopic (exact) mass is 309 g/mol. The van der Waals surface area contributed by atoms with Gasteiger partial charge in [-0.1, -0.05) is 0 Å². The van der Waals surface area contributed by atoms with Gasteiger partial charge in [0.05, 0.1) is 13.7 Å². The largest absolute Gasteiger partial charge is 0.508 e. The number of carbonyl (C=O) groups excluding carboxylic acids is 1. The van der Waals surface area contributed by atoms with Crippen molar-refractivity contribution in [3.8, 4) is 17.2 Å². The molecule has 1 fully saturated rings. The molecule has 1 aromatic rings. The van der Waals surface area contributed by atoms with Crippen molar-refractivity contribution >= 4 is 6.09 Å². The van der Waals surface area contributed by atoms with Crippen LogP contribution >= 0.6 is 0 Å². The molecule has 0 saturated carbocycles. The van der Waals surface area contributed by atoms with E-state index in [1.807, 2.05) is 20.8 Å². The van der Waals surface area contributed by atoms with Gasteiger partial charge >= 0.3 is 6.09 Å². The van der Waals surface area contributed by atoms with Crippen molar-refractivity contribution in [1.29, 1.82) is 0 Å². The second-order valence-corrected chi connectivity index (χ2v) is 6.40. The molecule has 2 rings (SSSR count). The smallest absolute Gasteiger partial charge is 0.410 e. The van der Waals surface area contributed by atoms with Crippen LogP contribution in [-0.2, 0) is 4.74 Å². The normalized spacial score (nSPS) is 15.2. The molecule has 0 spiro atoms. The minimum atomic E-state index is -0.479. The number of rotatable bonds is 4. The van der Waals surface area contributed by atoms with Crippen LogP contribution in [-0.4, -0.2) is 48.5 Å². The maximum absolute atomic E-state index is 11.8. The first-order chi connectivity index (χ1) is 10.3. The van der Waals surface area contributed by atoms with Crippen molar-refractivity contribution < 1.29 is 24.1 Å². The molecule has 1 N–H and O–H groups in total. The van der Waals surface area contributed by atoms with Crippen molar-refractivity contribution in [2.24, 2.45) is 5.92 Å². The number of carbonyl (C=O) groups is 1. The van der Waals surface area contributed by atoms with Crippen LogP contribution in [0, 0.1) is 5.92 Å². The van der Waals surface area contributed by atoms with Gasteiger partial charge in [0, 0.05) is 25.1 Å². The quantitative estimate of drug-likeness (QED) is 0.926. The van der Waals surface area contributed by atoms with Crippen LogP contribution in [0.2, 0.25) is 0 Å². The third-order valence-electron chi connectivity index (χ3n) is 3.23. The fraction of sp³-hybridized carbons (Fsp3) is 0.562. The van der Waals surface area contributed by atoms with Gasteiger partial charge in [-0.25, -0.2) is 4.79 Å². The molecule has 6 nitrogen and oxygen atoms in total. The zero-order chi connectivity index (χ0) is 16.3. The van der Waals surface area contributed by atoms with E-state index in [0.717, 1.165) is 0 Å². The Kier molecular flexibility index (Phi) is 4.68. The first kappa shape index (κ1) is 16.3. The maximum Gasteiger partial charge on any atom is 0.410 e. The van der Waals surface area contributed by atoms with Crippen LogP contribution in [0.3, 0.4) is 0 Å². The van der Waals surface area contributed by atoms with E-state index < -0.39 is 5.60 Å². The highest BCUT2D eigenvalue weighted by atomic mass is 16.6. The fourth-order valence-electron chi connectivity index (χ4n) is 2.14. The molecular formula is C16H23NO5. The summed E-state index contributed by atoms with van der Waals surface area (Å²) in [7, 11) is 1.55. The summed E-state index contributed by atoms with van der Waals surface area (Å²) in [6.45, 7) is 7.21. The summed E-state index contributed by atoms with van der Waals surface area (Å²) in [6, 6.07) is 4.71. The highest BCUT2D eigenvalue weighted by molar-refractivity contribution is 5.69. The van der Waals surface area contributed by atoms with E-state index in [1.54, 1.807) is 24.1 Å². The van der Waals surface area contributed by atoms with E-state index in [9.17, 15) is 9.90 Å². The zero-order valence-electron chi connectivity index (χ0n) is 13.5. The van der Waals surface area contributed by atoms with E-state index in [4.69, 9.17) is 14.2 Å². The average Bonchev–Trinajstić information content (AvgIpc) is 2.34. The van der Waals surface area contributed by atoms with Crippen LogP contribution in [0.15, 0.2) is 18.2 Å². The SMILES string of the molecule is COc1ccc(O)cc1OCC1CN(C(=O)OC(C)(C)C)C1. The molecule has 0 aromatic heterocycles. The van der Waals surface area contributed by atoms with Crippen LogP contribution in [0.5, 0.6) is 17.2 Å². The fourth-order valence-corrected chi connectivity index (χ4v) is 2.14. The number of nitrogens with zero attached hydrogens (tertiary/aromatic N) is 1. The number of likely N-dealkylation sites (tertiary alicyclic amines) is 1. The second kappa shape index (κ2) is 6.34. The average molecular weight is 309 g/mol. The second-order valence-electron chi connectivity index (χ2n) is 6.40. The van der Waals surface area contributed by atoms with Gasteiger partial charge < -0.3 is 24.2 Å². The zero-order valence-corrected chi connectivity index (χ0v) is 13.5. The Morgan fingerprint density at radius 1 is 1.32 bits per heavy atom. The molecule has 0 unspecified atom stereocenters. The van der Waals surface area contributed by atoms with Gasteiger partial charge in [-0.3, -0.25) is 0 Å². The number of methoxy groups -OCH3 is 1. The van der Waals surface area contributed by atoms with Crippen molar-refractivity contribution in [3.05, 3.63) is 18.2 Å². The van der Waals surface area contributed by atoms with E-state index >= 15 is 0 Å². The van der Waals surface area contributed by atoms with Crippen LogP contribution < -0.4 is 9.47 Å². The first-order valence-electron chi connectivity index (χ1n) is 7.26. The summed E-state index contributed by atoms with van der Waals surface area (Å²) in [5, 5.41) is 9.49. The van der Waals surface area contributed by atoms with Gasteiger partial charge in [-0.05, 0) is 32.9 Å². The molecular weight excluding hydrogens is 286 g/mol. The summed E-state index contributed by atoms with van der Waals surface area (Å²) in [5.41, 5.74) is -0.479. The van der Waals surface area contributed by atoms with Crippen molar-refractivity contribution in [2.75, 3.05) is 26.8 Å². The summed E-state index contributed by atoms with van der Waals surface area (Å²) in [4.78, 5) is 13.5. The Hall–Kier alpha value is -2.11. The number of phenols is 1. The molecule has 1 aromatic carbocycles. The van der Waals surface area contributed by atoms with E-state index in [-0.39, 0.29) is 17.8 Å². The van der Waals surface area contributed by atoms with Crippen LogP contribution in [0.1, 0.15) is 20.8 Å². The molecule has 22 heavy (non-hydrogen) atoms. The van der Waals surface area contributed by atoms with Gasteiger partial charge in [0.1, 0.15) is 11.4 Å². The third-order valence-corrected chi connectivity index (χ3v) is 3.23. The molecule has 1 amide bonds. The highest BCUT2D eigenvalue weighted by Gasteiger charge is 2.34. The van der Waals surface area contributed by atoms with Crippen molar-refractivity contribution in [2.45, 2.75) is 26.4 Å². The lowest BCUT2D eigenvalue weighted by atomic mass is 10.0. The van der Waals surface area contributed by atoms with Gasteiger partial charge in [0.15, 0.2) is 11.5 Å². The van der Waals surface area contributed by atoms with E-state index in [1.165, 1.54) is 6.07 Å². The van der Waals surface area contributed by atoms with Gasteiger partial charge in [-0.15, -0.1) is 0 Å². The maximum atomic E-state index is 11.8. The summed E-state index contributed by atoms with van der Waals surface area (Å²) in [6.07, 6.45) is -0.293. The number of phenolic OH excluding ortho intramolecular Hbond substituents is 1. The van der Waals surface area contributed by atoms with Crippen molar-refractivity contribution in [3.63, 3.8) is 0 Å².